The summed E-state index contributed by atoms with van der Waals surface area (Å²) < 4.78 is 30.6. The van der Waals surface area contributed by atoms with E-state index in [2.05, 4.69) is 10.2 Å². The fourth-order valence-corrected chi connectivity index (χ4v) is 4.89. The molecule has 0 N–H and O–H groups in total. The maximum Gasteiger partial charge on any atom is 0.246 e. The first-order valence-electron chi connectivity index (χ1n) is 9.05. The molecule has 3 rings (SSSR count). The Morgan fingerprint density at radius 2 is 1.78 bits per heavy atom. The predicted octanol–water partition coefficient (Wildman–Crippen LogP) is 0.558. The van der Waals surface area contributed by atoms with E-state index in [9.17, 15) is 13.2 Å². The van der Waals surface area contributed by atoms with Crippen molar-refractivity contribution in [1.82, 2.24) is 28.8 Å². The lowest BCUT2D eigenvalue weighted by Crippen LogP contribution is -2.51. The highest BCUT2D eigenvalue weighted by molar-refractivity contribution is 7.89. The van der Waals surface area contributed by atoms with Crippen molar-refractivity contribution in [1.29, 1.82) is 0 Å². The monoisotopic (exact) mass is 394 g/mol. The Bertz CT molecular complexity index is 938. The van der Waals surface area contributed by atoms with Crippen LogP contribution in [0.5, 0.6) is 0 Å². The van der Waals surface area contributed by atoms with Gasteiger partial charge in [-0.15, -0.1) is 0 Å². The molecule has 0 radical (unpaired) electrons. The lowest BCUT2D eigenvalue weighted by atomic mass is 10.3. The molecule has 1 aliphatic heterocycles. The summed E-state index contributed by atoms with van der Waals surface area (Å²) in [5, 5.41) is 8.54. The van der Waals surface area contributed by atoms with Gasteiger partial charge in [-0.2, -0.15) is 14.5 Å². The molecule has 2 aromatic rings. The van der Waals surface area contributed by atoms with Crippen molar-refractivity contribution >= 4 is 15.9 Å². The Balaban J connectivity index is 1.65. The molecule has 0 unspecified atom stereocenters. The summed E-state index contributed by atoms with van der Waals surface area (Å²) in [4.78, 5) is 14.5. The molecule has 1 fully saturated rings. The Hall–Kier alpha value is -2.20. The van der Waals surface area contributed by atoms with Gasteiger partial charge in [0.2, 0.25) is 15.9 Å². The summed E-state index contributed by atoms with van der Waals surface area (Å²) in [6.07, 6.45) is 1.57. The van der Waals surface area contributed by atoms with Crippen LogP contribution in [0, 0.1) is 20.8 Å². The van der Waals surface area contributed by atoms with Crippen molar-refractivity contribution in [2.24, 2.45) is 0 Å². The van der Waals surface area contributed by atoms with E-state index < -0.39 is 10.0 Å². The highest BCUT2D eigenvalue weighted by atomic mass is 32.2. The minimum absolute atomic E-state index is 0.0479. The molecule has 0 saturated carbocycles. The van der Waals surface area contributed by atoms with Gasteiger partial charge in [0.25, 0.3) is 0 Å². The van der Waals surface area contributed by atoms with Gasteiger partial charge in [-0.1, -0.05) is 0 Å². The van der Waals surface area contributed by atoms with Crippen molar-refractivity contribution in [3.05, 3.63) is 29.3 Å². The van der Waals surface area contributed by atoms with E-state index in [1.165, 1.54) is 4.31 Å². The number of aryl methyl sites for hydroxylation is 4. The number of rotatable bonds is 5. The van der Waals surface area contributed by atoms with Crippen LogP contribution in [-0.2, 0) is 27.9 Å². The van der Waals surface area contributed by atoms with Crippen LogP contribution in [0.1, 0.15) is 24.0 Å². The average molecular weight is 395 g/mol. The molecule has 148 valence electrons. The van der Waals surface area contributed by atoms with Crippen LogP contribution in [0.3, 0.4) is 0 Å². The number of carbonyl (C=O) groups is 1. The highest BCUT2D eigenvalue weighted by Gasteiger charge is 2.32. The number of amides is 1. The summed E-state index contributed by atoms with van der Waals surface area (Å²) in [5.74, 6) is -0.0479. The van der Waals surface area contributed by atoms with Crippen LogP contribution in [0.15, 0.2) is 17.2 Å². The number of hydrogen-bond acceptors (Lipinski definition) is 5. The fourth-order valence-electron chi connectivity index (χ4n) is 3.29. The Labute approximate surface area is 159 Å². The highest BCUT2D eigenvalue weighted by Crippen LogP contribution is 2.20. The zero-order valence-corrected chi connectivity index (χ0v) is 17.0. The molecule has 1 saturated heterocycles. The van der Waals surface area contributed by atoms with E-state index in [4.69, 9.17) is 0 Å². The maximum atomic E-state index is 12.9. The molecule has 1 amide bonds. The van der Waals surface area contributed by atoms with Gasteiger partial charge in [-0.3, -0.25) is 14.2 Å². The largest absolute Gasteiger partial charge is 0.338 e. The van der Waals surface area contributed by atoms with Gasteiger partial charge >= 0.3 is 0 Å². The molecule has 0 aromatic carbocycles. The van der Waals surface area contributed by atoms with E-state index in [0.29, 0.717) is 25.3 Å². The summed E-state index contributed by atoms with van der Waals surface area (Å²) in [6.45, 7) is 9.51. The third-order valence-electron chi connectivity index (χ3n) is 4.82. The van der Waals surface area contributed by atoms with Gasteiger partial charge in [0, 0.05) is 44.6 Å². The van der Waals surface area contributed by atoms with Crippen LogP contribution < -0.4 is 0 Å². The van der Waals surface area contributed by atoms with Crippen LogP contribution >= 0.6 is 0 Å². The lowest BCUT2D eigenvalue weighted by molar-refractivity contribution is -0.133. The average Bonchev–Trinajstić information content (AvgIpc) is 3.16. The van der Waals surface area contributed by atoms with Crippen molar-refractivity contribution in [2.75, 3.05) is 26.2 Å². The summed E-state index contributed by atoms with van der Waals surface area (Å²) in [6, 6.07) is 1.93. The molecule has 0 atom stereocenters. The molecular formula is C17H26N6O3S. The molecule has 1 aliphatic rings. The van der Waals surface area contributed by atoms with Gasteiger partial charge in [0.05, 0.1) is 11.4 Å². The lowest BCUT2D eigenvalue weighted by Gasteiger charge is -2.34. The first kappa shape index (κ1) is 19.6. The SMILES string of the molecule is CCn1cc(S(=O)(=O)N2CCN(C(=O)Cn3nc(C)cc3C)CC2)c(C)n1. The van der Waals surface area contributed by atoms with Crippen LogP contribution in [-0.4, -0.2) is 69.3 Å². The second-order valence-electron chi connectivity index (χ2n) is 6.80. The fraction of sp³-hybridized carbons (Fsp3) is 0.588. The molecule has 10 heteroatoms. The number of sulfonamides is 1. The quantitative estimate of drug-likeness (QED) is 0.739. The number of nitrogens with zero attached hydrogens (tertiary/aromatic N) is 6. The Morgan fingerprint density at radius 3 is 2.30 bits per heavy atom. The molecule has 2 aromatic heterocycles. The topological polar surface area (TPSA) is 93.3 Å². The van der Waals surface area contributed by atoms with E-state index in [1.54, 1.807) is 27.4 Å². The number of carbonyl (C=O) groups excluding carboxylic acids is 1. The second kappa shape index (κ2) is 7.43. The van der Waals surface area contributed by atoms with Gasteiger partial charge in [-0.25, -0.2) is 8.42 Å². The van der Waals surface area contributed by atoms with Gasteiger partial charge in [0.15, 0.2) is 0 Å². The summed E-state index contributed by atoms with van der Waals surface area (Å²) in [7, 11) is -3.60. The Kier molecular flexibility index (Phi) is 5.38. The third-order valence-corrected chi connectivity index (χ3v) is 6.82. The molecule has 3 heterocycles. The summed E-state index contributed by atoms with van der Waals surface area (Å²) >= 11 is 0. The van der Waals surface area contributed by atoms with E-state index in [-0.39, 0.29) is 30.4 Å². The predicted molar refractivity (Wildman–Crippen MR) is 99.7 cm³/mol. The molecule has 9 nitrogen and oxygen atoms in total. The minimum Gasteiger partial charge on any atom is -0.338 e. The molecule has 27 heavy (non-hydrogen) atoms. The molecule has 0 spiro atoms. The zero-order valence-electron chi connectivity index (χ0n) is 16.2. The maximum absolute atomic E-state index is 12.9. The number of aromatic nitrogens is 4. The number of piperazine rings is 1. The second-order valence-corrected chi connectivity index (χ2v) is 8.71. The minimum atomic E-state index is -3.60. The van der Waals surface area contributed by atoms with Crippen molar-refractivity contribution in [3.63, 3.8) is 0 Å². The van der Waals surface area contributed by atoms with E-state index in [1.807, 2.05) is 26.8 Å². The van der Waals surface area contributed by atoms with Crippen LogP contribution in [0.25, 0.3) is 0 Å². The van der Waals surface area contributed by atoms with Crippen LogP contribution in [0.4, 0.5) is 0 Å². The van der Waals surface area contributed by atoms with Gasteiger partial charge in [0.1, 0.15) is 11.4 Å². The van der Waals surface area contributed by atoms with Crippen molar-refractivity contribution < 1.29 is 13.2 Å². The van der Waals surface area contributed by atoms with Crippen LogP contribution in [0.2, 0.25) is 0 Å². The molecule has 0 bridgehead atoms. The van der Waals surface area contributed by atoms with Crippen molar-refractivity contribution in [3.8, 4) is 0 Å². The Morgan fingerprint density at radius 1 is 1.11 bits per heavy atom. The molecule has 0 aliphatic carbocycles. The first-order valence-corrected chi connectivity index (χ1v) is 10.5. The van der Waals surface area contributed by atoms with Crippen molar-refractivity contribution in [2.45, 2.75) is 45.7 Å². The van der Waals surface area contributed by atoms with Gasteiger partial charge < -0.3 is 4.90 Å². The normalized spacial score (nSPS) is 16.1. The van der Waals surface area contributed by atoms with E-state index in [0.717, 1.165) is 11.4 Å². The smallest absolute Gasteiger partial charge is 0.246 e. The number of hydrogen-bond donors (Lipinski definition) is 0. The van der Waals surface area contributed by atoms with E-state index >= 15 is 0 Å². The first-order chi connectivity index (χ1) is 12.7. The standard InChI is InChI=1S/C17H26N6O3S/c1-5-21-11-16(15(4)19-21)27(25,26)22-8-6-20(7-9-22)17(24)12-23-14(3)10-13(2)18-23/h10-11H,5-9,12H2,1-4H3. The van der Waals surface area contributed by atoms with Gasteiger partial charge in [-0.05, 0) is 33.8 Å². The third kappa shape index (κ3) is 3.91. The molecular weight excluding hydrogens is 368 g/mol. The summed E-state index contributed by atoms with van der Waals surface area (Å²) in [5.41, 5.74) is 2.31. The zero-order chi connectivity index (χ0) is 19.8.